The molecule has 28 heavy (non-hydrogen) atoms. The van der Waals surface area contributed by atoms with Gasteiger partial charge >= 0.3 is 12.1 Å². The number of ether oxygens (including phenoxy) is 1. The summed E-state index contributed by atoms with van der Waals surface area (Å²) in [5, 5.41) is 17.1. The van der Waals surface area contributed by atoms with E-state index in [9.17, 15) is 23.2 Å². The Morgan fingerprint density at radius 2 is 2.11 bits per heavy atom. The third kappa shape index (κ3) is 5.15. The maximum atomic E-state index is 13.4. The highest BCUT2D eigenvalue weighted by Gasteiger charge is 2.39. The number of halogens is 3. The van der Waals surface area contributed by atoms with Crippen LogP contribution in [0.5, 0.6) is 0 Å². The van der Waals surface area contributed by atoms with E-state index >= 15 is 0 Å². The van der Waals surface area contributed by atoms with Crippen LogP contribution in [0, 0.1) is 17.2 Å². The number of aromatic nitrogens is 3. The van der Waals surface area contributed by atoms with Crippen molar-refractivity contribution in [3.8, 4) is 6.07 Å². The molecule has 0 radical (unpaired) electrons. The molecule has 0 bridgehead atoms. The van der Waals surface area contributed by atoms with Crippen LogP contribution in [0.3, 0.4) is 0 Å². The van der Waals surface area contributed by atoms with Crippen LogP contribution in [0.1, 0.15) is 41.4 Å². The van der Waals surface area contributed by atoms with Crippen LogP contribution < -0.4 is 0 Å². The summed E-state index contributed by atoms with van der Waals surface area (Å²) in [6.07, 6.45) is -2.47. The van der Waals surface area contributed by atoms with Gasteiger partial charge in [-0.1, -0.05) is 23.1 Å². The van der Waals surface area contributed by atoms with E-state index < -0.39 is 23.4 Å². The zero-order valence-electron chi connectivity index (χ0n) is 14.4. The number of carbonyl (C=O) groups is 1. The number of hydrogen-bond donors (Lipinski definition) is 0. The molecule has 0 saturated heterocycles. The minimum Gasteiger partial charge on any atom is -0.462 e. The van der Waals surface area contributed by atoms with Crippen LogP contribution in [-0.4, -0.2) is 33.5 Å². The number of alkyl halides is 3. The zero-order chi connectivity index (χ0) is 20.3. The van der Waals surface area contributed by atoms with E-state index in [0.29, 0.717) is 14.6 Å². The van der Waals surface area contributed by atoms with Crippen molar-refractivity contribution in [2.45, 2.75) is 39.6 Å². The third-order valence-corrected chi connectivity index (χ3v) is 6.93. The molecule has 12 heteroatoms. The summed E-state index contributed by atoms with van der Waals surface area (Å²) >= 11 is 3.61. The Bertz CT molecular complexity index is 923. The van der Waals surface area contributed by atoms with Gasteiger partial charge in [0.1, 0.15) is 11.1 Å². The van der Waals surface area contributed by atoms with Crippen LogP contribution >= 0.6 is 34.9 Å². The Balaban J connectivity index is 1.89. The van der Waals surface area contributed by atoms with Crippen molar-refractivity contribution in [2.24, 2.45) is 5.92 Å². The Labute approximate surface area is 170 Å². The average Bonchev–Trinajstić information content (AvgIpc) is 3.37. The molecule has 148 valence electrons. The van der Waals surface area contributed by atoms with Gasteiger partial charge in [0.05, 0.1) is 17.7 Å². The first kappa shape index (κ1) is 20.9. The highest BCUT2D eigenvalue weighted by Crippen LogP contribution is 2.40. The first-order chi connectivity index (χ1) is 13.3. The lowest BCUT2D eigenvalue weighted by atomic mass is 10.1. The number of thioether (sulfide) groups is 1. The molecule has 1 fully saturated rings. The number of nitriles is 1. The molecule has 0 amide bonds. The van der Waals surface area contributed by atoms with Gasteiger partial charge in [0, 0.05) is 5.75 Å². The number of hydrogen-bond acceptors (Lipinski definition) is 9. The standard InChI is InChI=1S/C16H13F3N4O2S3/c1-2-25-13(24)10-5-9(6-20)12(21-11(10)16(17,18)19)27-15-23-22-14(28-15)26-7-8-3-4-8/h5,8H,2-4,7H2,1H3. The van der Waals surface area contributed by atoms with Crippen molar-refractivity contribution in [1.29, 1.82) is 5.26 Å². The van der Waals surface area contributed by atoms with Crippen LogP contribution in [0.25, 0.3) is 0 Å². The van der Waals surface area contributed by atoms with Crippen molar-refractivity contribution in [1.82, 2.24) is 15.2 Å². The molecule has 2 aromatic heterocycles. The quantitative estimate of drug-likeness (QED) is 0.448. The molecule has 0 unspecified atom stereocenters. The Kier molecular flexibility index (Phi) is 6.47. The lowest BCUT2D eigenvalue weighted by molar-refractivity contribution is -0.142. The van der Waals surface area contributed by atoms with Crippen molar-refractivity contribution < 1.29 is 22.7 Å². The van der Waals surface area contributed by atoms with Crippen LogP contribution in [0.15, 0.2) is 19.8 Å². The van der Waals surface area contributed by atoms with Crippen molar-refractivity contribution in [2.75, 3.05) is 12.4 Å². The van der Waals surface area contributed by atoms with Gasteiger partial charge in [-0.3, -0.25) is 0 Å². The molecular weight excluding hydrogens is 433 g/mol. The van der Waals surface area contributed by atoms with E-state index in [1.165, 1.54) is 31.1 Å². The highest BCUT2D eigenvalue weighted by atomic mass is 32.2. The minimum atomic E-state index is -4.88. The zero-order valence-corrected chi connectivity index (χ0v) is 16.9. The fourth-order valence-electron chi connectivity index (χ4n) is 2.09. The number of carbonyl (C=O) groups excluding carboxylic acids is 1. The van der Waals surface area contributed by atoms with Gasteiger partial charge < -0.3 is 4.74 Å². The number of nitrogens with zero attached hydrogens (tertiary/aromatic N) is 4. The average molecular weight is 447 g/mol. The van der Waals surface area contributed by atoms with E-state index in [4.69, 9.17) is 0 Å². The van der Waals surface area contributed by atoms with Gasteiger partial charge in [-0.05, 0) is 43.5 Å². The molecule has 2 heterocycles. The largest absolute Gasteiger partial charge is 0.462 e. The molecule has 0 atom stereocenters. The van der Waals surface area contributed by atoms with Gasteiger partial charge in [0.15, 0.2) is 14.4 Å². The number of pyridine rings is 1. The van der Waals surface area contributed by atoms with Crippen molar-refractivity contribution >= 4 is 40.8 Å². The minimum absolute atomic E-state index is 0.0966. The Hall–Kier alpha value is -1.84. The third-order valence-electron chi connectivity index (χ3n) is 3.58. The van der Waals surface area contributed by atoms with Gasteiger partial charge in [-0.25, -0.2) is 9.78 Å². The normalized spacial score (nSPS) is 14.0. The summed E-state index contributed by atoms with van der Waals surface area (Å²) in [7, 11) is 0. The van der Waals surface area contributed by atoms with Crippen LogP contribution in [0.2, 0.25) is 0 Å². The fourth-order valence-corrected chi connectivity index (χ4v) is 5.28. The predicted octanol–water partition coefficient (Wildman–Crippen LogP) is 4.65. The van der Waals surface area contributed by atoms with Gasteiger partial charge in [-0.2, -0.15) is 18.4 Å². The van der Waals surface area contributed by atoms with E-state index in [1.807, 2.05) is 0 Å². The van der Waals surface area contributed by atoms with Gasteiger partial charge in [-0.15, -0.1) is 10.2 Å². The predicted molar refractivity (Wildman–Crippen MR) is 97.4 cm³/mol. The van der Waals surface area contributed by atoms with E-state index in [0.717, 1.165) is 23.6 Å². The summed E-state index contributed by atoms with van der Waals surface area (Å²) in [6, 6.07) is 2.64. The van der Waals surface area contributed by atoms with Crippen LogP contribution in [0.4, 0.5) is 13.2 Å². The second kappa shape index (κ2) is 8.67. The summed E-state index contributed by atoms with van der Waals surface area (Å²) in [5.74, 6) is 0.458. The van der Waals surface area contributed by atoms with Gasteiger partial charge in [0.25, 0.3) is 0 Å². The topological polar surface area (TPSA) is 88.8 Å². The summed E-state index contributed by atoms with van der Waals surface area (Å²) < 4.78 is 45.9. The van der Waals surface area contributed by atoms with E-state index in [-0.39, 0.29) is 17.2 Å². The number of esters is 1. The summed E-state index contributed by atoms with van der Waals surface area (Å²) in [6.45, 7) is 1.38. The van der Waals surface area contributed by atoms with Crippen LogP contribution in [-0.2, 0) is 10.9 Å². The number of rotatable bonds is 7. The molecule has 6 nitrogen and oxygen atoms in total. The van der Waals surface area contributed by atoms with Crippen molar-refractivity contribution in [3.63, 3.8) is 0 Å². The first-order valence-corrected chi connectivity index (χ1v) is 10.8. The highest BCUT2D eigenvalue weighted by molar-refractivity contribution is 8.03. The van der Waals surface area contributed by atoms with E-state index in [1.54, 1.807) is 17.8 Å². The summed E-state index contributed by atoms with van der Waals surface area (Å²) in [4.78, 5) is 15.4. The smallest absolute Gasteiger partial charge is 0.434 e. The lowest BCUT2D eigenvalue weighted by Gasteiger charge is -2.13. The van der Waals surface area contributed by atoms with Gasteiger partial charge in [0.2, 0.25) is 0 Å². The molecular formula is C16H13F3N4O2S3. The second-order valence-electron chi connectivity index (χ2n) is 5.76. The molecule has 0 aliphatic heterocycles. The monoisotopic (exact) mass is 446 g/mol. The summed E-state index contributed by atoms with van der Waals surface area (Å²) in [5.41, 5.74) is -2.34. The van der Waals surface area contributed by atoms with E-state index in [2.05, 4.69) is 19.9 Å². The molecule has 1 aliphatic carbocycles. The molecule has 2 aromatic rings. The molecule has 1 saturated carbocycles. The van der Waals surface area contributed by atoms with Crippen molar-refractivity contribution in [3.05, 3.63) is 22.9 Å². The molecule has 1 aliphatic rings. The Morgan fingerprint density at radius 1 is 1.39 bits per heavy atom. The SMILES string of the molecule is CCOC(=O)c1cc(C#N)c(Sc2nnc(SCC3CC3)s2)nc1C(F)(F)F. The molecule has 3 rings (SSSR count). The Morgan fingerprint density at radius 3 is 2.71 bits per heavy atom. The lowest BCUT2D eigenvalue weighted by Crippen LogP contribution is -2.18. The maximum Gasteiger partial charge on any atom is 0.434 e. The fraction of sp³-hybridized carbons (Fsp3) is 0.438. The first-order valence-electron chi connectivity index (χ1n) is 8.15. The molecule has 0 N–H and O–H groups in total. The maximum absolute atomic E-state index is 13.4. The molecule has 0 spiro atoms. The molecule has 0 aromatic carbocycles. The second-order valence-corrected chi connectivity index (χ2v) is 9.24.